The number of hydrogen-bond acceptors (Lipinski definition) is 13. The summed E-state index contributed by atoms with van der Waals surface area (Å²) in [6, 6.07) is -0.844. The molecule has 21 heteroatoms. The first-order valence-corrected chi connectivity index (χ1v) is 15.1. The van der Waals surface area contributed by atoms with E-state index in [0.29, 0.717) is 7.11 Å². The highest BCUT2D eigenvalue weighted by atomic mass is 19.4. The summed E-state index contributed by atoms with van der Waals surface area (Å²) >= 11 is 0. The van der Waals surface area contributed by atoms with Crippen molar-refractivity contribution >= 4 is 41.7 Å². The molecule has 290 valence electrons. The number of carbonyl (C=O) groups is 7. The second-order valence-corrected chi connectivity index (χ2v) is 11.2. The first-order valence-electron chi connectivity index (χ1n) is 15.1. The van der Waals surface area contributed by atoms with Gasteiger partial charge < -0.3 is 38.6 Å². The third-order valence-electron chi connectivity index (χ3n) is 7.71. The second-order valence-electron chi connectivity index (χ2n) is 11.2. The van der Waals surface area contributed by atoms with Crippen molar-refractivity contribution in [1.82, 2.24) is 10.2 Å². The number of carbonyl (C=O) groups excluding carboxylic acids is 7. The zero-order valence-corrected chi connectivity index (χ0v) is 28.5. The normalized spacial score (nSPS) is 22.2. The summed E-state index contributed by atoms with van der Waals surface area (Å²) in [5.74, 6) is -10.7. The third kappa shape index (κ3) is 10.1. The molecule has 0 aliphatic carbocycles. The fraction of sp³-hybridized carbons (Fsp3) is 0.581. The Bertz CT molecular complexity index is 1490. The van der Waals surface area contributed by atoms with Gasteiger partial charge in [-0.2, -0.15) is 26.3 Å². The first kappa shape index (κ1) is 43.2. The average Bonchev–Trinajstić information content (AvgIpc) is 3.02. The molecule has 1 fully saturated rings. The number of methoxy groups -OCH3 is 2. The number of piperidine rings is 1. The molecule has 2 rings (SSSR count). The van der Waals surface area contributed by atoms with Crippen LogP contribution in [0, 0.1) is 0 Å². The predicted octanol–water partition coefficient (Wildman–Crippen LogP) is 2.03. The number of benzene rings is 1. The highest BCUT2D eigenvalue weighted by molar-refractivity contribution is 5.91. The second kappa shape index (κ2) is 17.5. The van der Waals surface area contributed by atoms with Gasteiger partial charge in [0.25, 0.3) is 11.5 Å². The number of likely N-dealkylation sites (tertiary alicyclic amines) is 1. The minimum absolute atomic E-state index is 0.0144. The van der Waals surface area contributed by atoms with Crippen LogP contribution < -0.4 is 5.32 Å². The van der Waals surface area contributed by atoms with Crippen molar-refractivity contribution in [1.29, 1.82) is 0 Å². The van der Waals surface area contributed by atoms with Crippen LogP contribution in [0.5, 0.6) is 0 Å². The smallest absolute Gasteiger partial charge is 0.467 e. The molecule has 0 saturated carbocycles. The van der Waals surface area contributed by atoms with E-state index in [1.54, 1.807) is 0 Å². The standard InChI is InChI=1S/C31H36F6N2O13/c1-15(40)49-14-22-24(51-17(3)42)25(52-18(4)43)23(50-16(2)41)21(39(22)28(46)30(32,33)34)13-12-20(26(44)47-5)38-27(45)29(48-6,31(35,36)37)19-10-8-7-9-11-19/h7-11,20-25H,12-14H2,1-6H3,(H,38,45)/t20-,21+,22+,23-,24+,25+,29-/m0/s1. The van der Waals surface area contributed by atoms with Crippen LogP contribution in [0.3, 0.4) is 0 Å². The molecule has 7 atom stereocenters. The van der Waals surface area contributed by atoms with E-state index in [1.165, 1.54) is 18.2 Å². The summed E-state index contributed by atoms with van der Waals surface area (Å²) < 4.78 is 116. The molecule has 15 nitrogen and oxygen atoms in total. The molecule has 0 radical (unpaired) electrons. The molecule has 52 heavy (non-hydrogen) atoms. The number of ether oxygens (including phenoxy) is 6. The van der Waals surface area contributed by atoms with Crippen LogP contribution in [0.2, 0.25) is 0 Å². The van der Waals surface area contributed by atoms with E-state index in [2.05, 4.69) is 4.74 Å². The first-order chi connectivity index (χ1) is 24.0. The quantitative estimate of drug-likeness (QED) is 0.175. The number of alkyl halides is 6. The van der Waals surface area contributed by atoms with Gasteiger partial charge in [0.05, 0.1) is 13.2 Å². The lowest BCUT2D eigenvalue weighted by Crippen LogP contribution is -2.72. The summed E-state index contributed by atoms with van der Waals surface area (Å²) in [7, 11) is 1.35. The number of amides is 2. The monoisotopic (exact) mass is 758 g/mol. The van der Waals surface area contributed by atoms with Gasteiger partial charge in [0.2, 0.25) is 0 Å². The summed E-state index contributed by atoms with van der Waals surface area (Å²) in [4.78, 5) is 87.8. The van der Waals surface area contributed by atoms with Crippen LogP contribution >= 0.6 is 0 Å². The van der Waals surface area contributed by atoms with E-state index in [9.17, 15) is 59.9 Å². The molecule has 0 bridgehead atoms. The number of nitrogens with zero attached hydrogens (tertiary/aromatic N) is 1. The van der Waals surface area contributed by atoms with Crippen LogP contribution in [-0.2, 0) is 67.6 Å². The van der Waals surface area contributed by atoms with Crippen LogP contribution in [0.4, 0.5) is 26.3 Å². The van der Waals surface area contributed by atoms with Crippen molar-refractivity contribution < 1.29 is 88.3 Å². The Hall–Kier alpha value is -4.95. The zero-order valence-electron chi connectivity index (χ0n) is 28.5. The minimum Gasteiger partial charge on any atom is -0.467 e. The lowest BCUT2D eigenvalue weighted by Gasteiger charge is -2.51. The SMILES string of the molecule is COC(=O)[C@H](CC[C@@H]1[C@H](OC(C)=O)[C@@H](OC(C)=O)[C@H](OC(C)=O)[C@@H](COC(C)=O)N1C(=O)C(F)(F)F)NC(=O)[C@@](OC)(c1ccccc1)C(F)(F)F. The molecule has 1 aliphatic rings. The van der Waals surface area contributed by atoms with Gasteiger partial charge in [-0.05, 0) is 12.8 Å². The lowest BCUT2D eigenvalue weighted by molar-refractivity contribution is -0.266. The van der Waals surface area contributed by atoms with E-state index in [0.717, 1.165) is 46.9 Å². The molecular formula is C31H36F6N2O13. The van der Waals surface area contributed by atoms with Crippen molar-refractivity contribution in [3.8, 4) is 0 Å². The number of nitrogens with one attached hydrogen (secondary N) is 1. The Kier molecular flexibility index (Phi) is 14.6. The largest absolute Gasteiger partial charge is 0.471 e. The van der Waals surface area contributed by atoms with Crippen molar-refractivity contribution in [2.24, 2.45) is 0 Å². The van der Waals surface area contributed by atoms with Gasteiger partial charge in [0.1, 0.15) is 18.7 Å². The molecule has 1 heterocycles. The van der Waals surface area contributed by atoms with E-state index < -0.39 is 121 Å². The van der Waals surface area contributed by atoms with Gasteiger partial charge in [0.15, 0.2) is 18.3 Å². The molecule has 0 spiro atoms. The zero-order chi connectivity index (χ0) is 39.8. The van der Waals surface area contributed by atoms with Gasteiger partial charge in [-0.25, -0.2) is 4.79 Å². The lowest BCUT2D eigenvalue weighted by atomic mass is 9.84. The molecule has 1 aliphatic heterocycles. The van der Waals surface area contributed by atoms with Crippen molar-refractivity contribution in [3.05, 3.63) is 35.9 Å². The molecule has 0 unspecified atom stereocenters. The Morgan fingerprint density at radius 2 is 1.25 bits per heavy atom. The van der Waals surface area contributed by atoms with Crippen LogP contribution in [0.25, 0.3) is 0 Å². The predicted molar refractivity (Wildman–Crippen MR) is 158 cm³/mol. The maximum Gasteiger partial charge on any atom is 0.471 e. The minimum atomic E-state index is -5.72. The summed E-state index contributed by atoms with van der Waals surface area (Å²) in [6.45, 7) is 2.15. The average molecular weight is 759 g/mol. The number of hydrogen-bond donors (Lipinski definition) is 1. The van der Waals surface area contributed by atoms with Crippen molar-refractivity contribution in [2.45, 2.75) is 94.9 Å². The molecule has 1 aromatic carbocycles. The fourth-order valence-electron chi connectivity index (χ4n) is 5.73. The summed E-state index contributed by atoms with van der Waals surface area (Å²) in [6.07, 6.45) is -19.3. The Morgan fingerprint density at radius 1 is 0.750 bits per heavy atom. The molecule has 2 amide bonds. The molecule has 0 aromatic heterocycles. The Balaban J connectivity index is 2.79. The van der Waals surface area contributed by atoms with E-state index >= 15 is 0 Å². The molecule has 1 aromatic rings. The summed E-state index contributed by atoms with van der Waals surface area (Å²) in [5.41, 5.74) is -4.44. The number of esters is 5. The summed E-state index contributed by atoms with van der Waals surface area (Å²) in [5, 5.41) is 1.85. The number of rotatable bonds is 13. The van der Waals surface area contributed by atoms with Gasteiger partial charge >= 0.3 is 48.1 Å². The third-order valence-corrected chi connectivity index (χ3v) is 7.71. The highest BCUT2D eigenvalue weighted by Crippen LogP contribution is 2.43. The van der Waals surface area contributed by atoms with Crippen molar-refractivity contribution in [2.75, 3.05) is 20.8 Å². The van der Waals surface area contributed by atoms with E-state index in [4.69, 9.17) is 23.7 Å². The molecular weight excluding hydrogens is 722 g/mol. The van der Waals surface area contributed by atoms with E-state index in [-0.39, 0.29) is 4.90 Å². The maximum atomic E-state index is 14.6. The fourth-order valence-corrected chi connectivity index (χ4v) is 5.73. The van der Waals surface area contributed by atoms with Gasteiger partial charge in [-0.1, -0.05) is 30.3 Å². The molecule has 1 N–H and O–H groups in total. The number of halogens is 6. The van der Waals surface area contributed by atoms with Gasteiger partial charge in [-0.3, -0.25) is 28.8 Å². The Labute approximate surface area is 292 Å². The van der Waals surface area contributed by atoms with Gasteiger partial charge in [-0.15, -0.1) is 0 Å². The van der Waals surface area contributed by atoms with E-state index in [1.807, 2.05) is 5.32 Å². The highest BCUT2D eigenvalue weighted by Gasteiger charge is 2.64. The van der Waals surface area contributed by atoms with Crippen LogP contribution in [0.15, 0.2) is 30.3 Å². The van der Waals surface area contributed by atoms with Crippen LogP contribution in [0.1, 0.15) is 46.1 Å². The molecule has 1 saturated heterocycles. The van der Waals surface area contributed by atoms with Gasteiger partial charge in [0, 0.05) is 40.4 Å². The topological polar surface area (TPSA) is 190 Å². The maximum absolute atomic E-state index is 14.6. The van der Waals surface area contributed by atoms with Crippen LogP contribution in [-0.4, -0.2) is 116 Å². The Morgan fingerprint density at radius 3 is 1.67 bits per heavy atom. The van der Waals surface area contributed by atoms with Crippen molar-refractivity contribution in [3.63, 3.8) is 0 Å².